The number of hydrogen-bond donors (Lipinski definition) is 1. The van der Waals surface area contributed by atoms with E-state index in [4.69, 9.17) is 27.9 Å². The number of methoxy groups -OCH3 is 1. The summed E-state index contributed by atoms with van der Waals surface area (Å²) in [5, 5.41) is 3.61. The molecule has 0 saturated heterocycles. The van der Waals surface area contributed by atoms with Gasteiger partial charge in [0, 0.05) is 11.1 Å². The Kier molecular flexibility index (Phi) is 5.26. The molecule has 0 spiro atoms. The van der Waals surface area contributed by atoms with Gasteiger partial charge in [-0.2, -0.15) is 0 Å². The Hall–Kier alpha value is -1.97. The summed E-state index contributed by atoms with van der Waals surface area (Å²) in [5.74, 6) is 0.500. The van der Waals surface area contributed by atoms with Gasteiger partial charge < -0.3 is 10.1 Å². The highest BCUT2D eigenvalue weighted by Gasteiger charge is 2.03. The van der Waals surface area contributed by atoms with Crippen molar-refractivity contribution in [2.45, 2.75) is 0 Å². The monoisotopic (exact) mass is 321 g/mol. The van der Waals surface area contributed by atoms with Gasteiger partial charge in [0.15, 0.2) is 0 Å². The number of amides is 1. The number of carbonyl (C=O) groups excluding carboxylic acids is 1. The molecule has 1 N–H and O–H groups in total. The highest BCUT2D eigenvalue weighted by atomic mass is 35.5. The molecule has 0 radical (unpaired) electrons. The lowest BCUT2D eigenvalue weighted by molar-refractivity contribution is -0.111. The van der Waals surface area contributed by atoms with Gasteiger partial charge in [0.05, 0.1) is 17.8 Å². The molecule has 0 aliphatic heterocycles. The number of halogens is 2. The number of nitrogens with one attached hydrogen (secondary N) is 1. The van der Waals surface area contributed by atoms with Crippen LogP contribution in [0.5, 0.6) is 5.75 Å². The van der Waals surface area contributed by atoms with Crippen LogP contribution in [0.15, 0.2) is 48.5 Å². The van der Waals surface area contributed by atoms with Gasteiger partial charge in [0.2, 0.25) is 5.91 Å². The van der Waals surface area contributed by atoms with Crippen molar-refractivity contribution in [2.75, 3.05) is 12.4 Å². The van der Waals surface area contributed by atoms with E-state index in [1.807, 2.05) is 24.3 Å². The zero-order valence-electron chi connectivity index (χ0n) is 11.3. The largest absolute Gasteiger partial charge is 0.497 e. The molecular weight excluding hydrogens is 309 g/mol. The van der Waals surface area contributed by atoms with Crippen LogP contribution in [0, 0.1) is 0 Å². The minimum atomic E-state index is -0.268. The Morgan fingerprint density at radius 3 is 2.48 bits per heavy atom. The van der Waals surface area contributed by atoms with Gasteiger partial charge in [-0.3, -0.25) is 4.79 Å². The predicted octanol–water partition coefficient (Wildman–Crippen LogP) is 4.65. The van der Waals surface area contributed by atoms with Gasteiger partial charge in [-0.25, -0.2) is 0 Å². The molecule has 5 heteroatoms. The number of benzene rings is 2. The lowest BCUT2D eigenvalue weighted by Crippen LogP contribution is -2.08. The van der Waals surface area contributed by atoms with Crippen molar-refractivity contribution in [3.8, 4) is 5.75 Å². The van der Waals surface area contributed by atoms with Gasteiger partial charge in [-0.15, -0.1) is 0 Å². The highest BCUT2D eigenvalue weighted by Crippen LogP contribution is 2.25. The number of ether oxygens (including phenoxy) is 1. The molecule has 3 nitrogen and oxygen atoms in total. The fourth-order valence-electron chi connectivity index (χ4n) is 1.65. The quantitative estimate of drug-likeness (QED) is 0.832. The molecule has 2 aromatic carbocycles. The molecule has 0 unspecified atom stereocenters. The van der Waals surface area contributed by atoms with Crippen molar-refractivity contribution in [2.24, 2.45) is 0 Å². The van der Waals surface area contributed by atoms with Gasteiger partial charge in [-0.05, 0) is 42.0 Å². The Morgan fingerprint density at radius 1 is 1.14 bits per heavy atom. The third-order valence-corrected chi connectivity index (χ3v) is 3.28. The van der Waals surface area contributed by atoms with E-state index in [9.17, 15) is 4.79 Å². The molecule has 0 aliphatic carbocycles. The van der Waals surface area contributed by atoms with Crippen LogP contribution in [-0.4, -0.2) is 13.0 Å². The Labute approximate surface area is 133 Å². The second-order valence-electron chi connectivity index (χ2n) is 4.22. The number of rotatable bonds is 4. The van der Waals surface area contributed by atoms with E-state index in [2.05, 4.69) is 5.32 Å². The minimum Gasteiger partial charge on any atom is -0.497 e. The Bertz CT molecular complexity index is 666. The van der Waals surface area contributed by atoms with Crippen molar-refractivity contribution < 1.29 is 9.53 Å². The minimum absolute atomic E-state index is 0.268. The first-order valence-corrected chi connectivity index (χ1v) is 6.92. The van der Waals surface area contributed by atoms with Crippen LogP contribution in [0.25, 0.3) is 6.08 Å². The van der Waals surface area contributed by atoms with E-state index in [-0.39, 0.29) is 5.91 Å². The third kappa shape index (κ3) is 4.52. The molecule has 0 atom stereocenters. The normalized spacial score (nSPS) is 10.6. The number of carbonyl (C=O) groups is 1. The lowest BCUT2D eigenvalue weighted by atomic mass is 10.2. The summed E-state index contributed by atoms with van der Waals surface area (Å²) in [6.45, 7) is 0. The average molecular weight is 322 g/mol. The SMILES string of the molecule is COc1ccc(/C=C\C(=O)Nc2ccc(Cl)cc2Cl)cc1. The zero-order valence-corrected chi connectivity index (χ0v) is 12.8. The van der Waals surface area contributed by atoms with Crippen molar-refractivity contribution in [3.05, 3.63) is 64.1 Å². The average Bonchev–Trinajstić information content (AvgIpc) is 2.48. The Balaban J connectivity index is 2.01. The van der Waals surface area contributed by atoms with Crippen molar-refractivity contribution in [3.63, 3.8) is 0 Å². The van der Waals surface area contributed by atoms with Crippen LogP contribution in [0.1, 0.15) is 5.56 Å². The van der Waals surface area contributed by atoms with Crippen LogP contribution in [0.4, 0.5) is 5.69 Å². The fraction of sp³-hybridized carbons (Fsp3) is 0.0625. The van der Waals surface area contributed by atoms with Crippen LogP contribution in [-0.2, 0) is 4.79 Å². The summed E-state index contributed by atoms with van der Waals surface area (Å²) < 4.78 is 5.07. The molecule has 108 valence electrons. The maximum atomic E-state index is 11.8. The van der Waals surface area contributed by atoms with Crippen molar-refractivity contribution in [1.29, 1.82) is 0 Å². The van der Waals surface area contributed by atoms with E-state index in [1.165, 1.54) is 6.08 Å². The smallest absolute Gasteiger partial charge is 0.248 e. The number of hydrogen-bond acceptors (Lipinski definition) is 2. The third-order valence-electron chi connectivity index (χ3n) is 2.73. The summed E-state index contributed by atoms with van der Waals surface area (Å²) in [6.07, 6.45) is 3.14. The van der Waals surface area contributed by atoms with E-state index >= 15 is 0 Å². The van der Waals surface area contributed by atoms with Gasteiger partial charge in [0.1, 0.15) is 5.75 Å². The first kappa shape index (κ1) is 15.4. The summed E-state index contributed by atoms with van der Waals surface area (Å²) in [5.41, 5.74) is 1.42. The van der Waals surface area contributed by atoms with E-state index in [0.29, 0.717) is 15.7 Å². The number of anilines is 1. The maximum absolute atomic E-state index is 11.8. The molecule has 0 aromatic heterocycles. The first-order valence-electron chi connectivity index (χ1n) is 6.16. The van der Waals surface area contributed by atoms with Crippen molar-refractivity contribution in [1.82, 2.24) is 0 Å². The van der Waals surface area contributed by atoms with E-state index < -0.39 is 0 Å². The van der Waals surface area contributed by atoms with Gasteiger partial charge in [-0.1, -0.05) is 35.3 Å². The van der Waals surface area contributed by atoms with Gasteiger partial charge >= 0.3 is 0 Å². The standard InChI is InChI=1S/C16H13Cl2NO2/c1-21-13-6-2-11(3-7-13)4-9-16(20)19-15-8-5-12(17)10-14(15)18/h2-10H,1H3,(H,19,20)/b9-4-. The maximum Gasteiger partial charge on any atom is 0.248 e. The second kappa shape index (κ2) is 7.16. The summed E-state index contributed by atoms with van der Waals surface area (Å²) in [7, 11) is 1.61. The van der Waals surface area contributed by atoms with Crippen LogP contribution < -0.4 is 10.1 Å². The fourth-order valence-corrected chi connectivity index (χ4v) is 2.11. The molecule has 21 heavy (non-hydrogen) atoms. The highest BCUT2D eigenvalue weighted by molar-refractivity contribution is 6.36. The molecule has 0 heterocycles. The summed E-state index contributed by atoms with van der Waals surface area (Å²) in [6, 6.07) is 12.3. The zero-order chi connectivity index (χ0) is 15.2. The van der Waals surface area contributed by atoms with Crippen LogP contribution >= 0.6 is 23.2 Å². The molecule has 0 saturated carbocycles. The van der Waals surface area contributed by atoms with Crippen LogP contribution in [0.3, 0.4) is 0 Å². The topological polar surface area (TPSA) is 38.3 Å². The molecule has 2 aromatic rings. The molecule has 0 aliphatic rings. The van der Waals surface area contributed by atoms with E-state index in [1.54, 1.807) is 31.4 Å². The van der Waals surface area contributed by atoms with Crippen molar-refractivity contribution >= 4 is 40.9 Å². The molecular formula is C16H13Cl2NO2. The lowest BCUT2D eigenvalue weighted by Gasteiger charge is -2.05. The Morgan fingerprint density at radius 2 is 1.86 bits per heavy atom. The predicted molar refractivity (Wildman–Crippen MR) is 87.1 cm³/mol. The summed E-state index contributed by atoms with van der Waals surface area (Å²) >= 11 is 11.8. The van der Waals surface area contributed by atoms with Crippen LogP contribution in [0.2, 0.25) is 10.0 Å². The molecule has 0 bridgehead atoms. The van der Waals surface area contributed by atoms with E-state index in [0.717, 1.165) is 11.3 Å². The molecule has 1 amide bonds. The van der Waals surface area contributed by atoms with Gasteiger partial charge in [0.25, 0.3) is 0 Å². The summed E-state index contributed by atoms with van der Waals surface area (Å²) in [4.78, 5) is 11.8. The second-order valence-corrected chi connectivity index (χ2v) is 5.06. The molecule has 0 fully saturated rings. The first-order chi connectivity index (χ1) is 10.1. The molecule has 2 rings (SSSR count).